The normalized spacial score (nSPS) is 11.6. The fourth-order valence-corrected chi connectivity index (χ4v) is 4.59. The number of aryl methyl sites for hydroxylation is 2. The average Bonchev–Trinajstić information content (AvgIpc) is 3.13. The summed E-state index contributed by atoms with van der Waals surface area (Å²) in [6, 6.07) is 19.2. The van der Waals surface area contributed by atoms with Gasteiger partial charge < -0.3 is 4.42 Å². The summed E-state index contributed by atoms with van der Waals surface area (Å²) in [4.78, 5) is 0. The van der Waals surface area contributed by atoms with Gasteiger partial charge in [-0.15, -0.1) is 0 Å². The highest BCUT2D eigenvalue weighted by Gasteiger charge is 2.25. The number of para-hydroxylation sites is 1. The van der Waals surface area contributed by atoms with E-state index in [1.165, 1.54) is 27.5 Å². The van der Waals surface area contributed by atoms with Crippen molar-refractivity contribution in [1.82, 2.24) is 0 Å². The zero-order chi connectivity index (χ0) is 21.9. The van der Waals surface area contributed by atoms with E-state index in [0.717, 1.165) is 27.6 Å². The van der Waals surface area contributed by atoms with Crippen molar-refractivity contribution < 1.29 is 8.98 Å². The molecule has 0 N–H and O–H groups in total. The molecule has 0 aliphatic carbocycles. The highest BCUT2D eigenvalue weighted by Crippen LogP contribution is 2.41. The molecule has 3 heteroatoms. The lowest BCUT2D eigenvalue weighted by atomic mass is 9.92. The minimum atomic E-state index is 0.481. The third-order valence-electron chi connectivity index (χ3n) is 6.49. The van der Waals surface area contributed by atoms with Crippen molar-refractivity contribution in [3.63, 3.8) is 0 Å². The maximum atomic E-state index is 9.60. The van der Waals surface area contributed by atoms with Crippen LogP contribution in [0.5, 0.6) is 0 Å². The highest BCUT2D eigenvalue weighted by atomic mass is 16.3. The SMILES string of the molecule is Cc1cc2c(oc3c(C#N)cccc32)c(-c2c3ccc(C(C)C)cc3cc[n+]2C)c1C. The smallest absolute Gasteiger partial charge is 0.224 e. The molecular weight excluding hydrogens is 380 g/mol. The summed E-state index contributed by atoms with van der Waals surface area (Å²) in [6.45, 7) is 8.75. The molecular formula is C28H25N2O+. The van der Waals surface area contributed by atoms with Gasteiger partial charge in [-0.05, 0) is 60.0 Å². The molecule has 0 saturated carbocycles. The van der Waals surface area contributed by atoms with Gasteiger partial charge >= 0.3 is 0 Å². The summed E-state index contributed by atoms with van der Waals surface area (Å²) in [6.07, 6.45) is 2.12. The van der Waals surface area contributed by atoms with E-state index in [4.69, 9.17) is 4.42 Å². The van der Waals surface area contributed by atoms with Crippen molar-refractivity contribution in [3.05, 3.63) is 77.0 Å². The van der Waals surface area contributed by atoms with Crippen LogP contribution in [0.3, 0.4) is 0 Å². The predicted molar refractivity (Wildman–Crippen MR) is 126 cm³/mol. The standard InChI is InChI=1S/C28H25N2O/c1-16(2)19-9-10-22-20(14-19)11-12-30(5)26(22)25-18(4)17(3)13-24-23-8-6-7-21(15-29)27(23)31-28(24)25/h6-14,16H,1-5H3/q+1. The maximum absolute atomic E-state index is 9.60. The number of nitrogens with zero attached hydrogens (tertiary/aromatic N) is 2. The molecule has 2 heterocycles. The van der Waals surface area contributed by atoms with Crippen molar-refractivity contribution in [2.24, 2.45) is 7.05 Å². The van der Waals surface area contributed by atoms with Crippen LogP contribution in [0.4, 0.5) is 0 Å². The topological polar surface area (TPSA) is 40.8 Å². The third kappa shape index (κ3) is 2.83. The van der Waals surface area contributed by atoms with Crippen molar-refractivity contribution >= 4 is 32.7 Å². The van der Waals surface area contributed by atoms with Crippen LogP contribution in [0.15, 0.2) is 59.1 Å². The number of hydrogen-bond acceptors (Lipinski definition) is 2. The Morgan fingerprint density at radius 3 is 2.48 bits per heavy atom. The van der Waals surface area contributed by atoms with Crippen LogP contribution in [0.1, 0.15) is 42.0 Å². The fraction of sp³-hybridized carbons (Fsp3) is 0.214. The first-order valence-corrected chi connectivity index (χ1v) is 10.7. The van der Waals surface area contributed by atoms with Gasteiger partial charge in [-0.1, -0.05) is 38.1 Å². The lowest BCUT2D eigenvalue weighted by Gasteiger charge is -2.12. The summed E-state index contributed by atoms with van der Waals surface area (Å²) in [5, 5.41) is 14.1. The van der Waals surface area contributed by atoms with E-state index < -0.39 is 0 Å². The number of aromatic nitrogens is 1. The van der Waals surface area contributed by atoms with Gasteiger partial charge in [-0.3, -0.25) is 0 Å². The second-order valence-electron chi connectivity index (χ2n) is 8.74. The molecule has 3 nitrogen and oxygen atoms in total. The Morgan fingerprint density at radius 2 is 1.74 bits per heavy atom. The lowest BCUT2D eigenvalue weighted by molar-refractivity contribution is -0.659. The minimum Gasteiger partial charge on any atom is -0.454 e. The first kappa shape index (κ1) is 19.3. The van der Waals surface area contributed by atoms with Gasteiger partial charge in [0.1, 0.15) is 18.7 Å². The van der Waals surface area contributed by atoms with Gasteiger partial charge in [-0.2, -0.15) is 5.26 Å². The van der Waals surface area contributed by atoms with Gasteiger partial charge in [0.15, 0.2) is 11.8 Å². The molecule has 0 aliphatic rings. The predicted octanol–water partition coefficient (Wildman–Crippen LogP) is 6.84. The molecule has 152 valence electrons. The second kappa shape index (κ2) is 6.96. The zero-order valence-corrected chi connectivity index (χ0v) is 18.6. The molecule has 0 amide bonds. The van der Waals surface area contributed by atoms with E-state index in [1.54, 1.807) is 0 Å². The number of benzene rings is 3. The summed E-state index contributed by atoms with van der Waals surface area (Å²) >= 11 is 0. The quantitative estimate of drug-likeness (QED) is 0.302. The fourth-order valence-electron chi connectivity index (χ4n) is 4.59. The van der Waals surface area contributed by atoms with E-state index in [1.807, 2.05) is 18.2 Å². The Hall–Kier alpha value is -3.64. The number of furan rings is 1. The van der Waals surface area contributed by atoms with Crippen LogP contribution in [-0.4, -0.2) is 0 Å². The lowest BCUT2D eigenvalue weighted by Crippen LogP contribution is -2.31. The molecule has 0 atom stereocenters. The van der Waals surface area contributed by atoms with Crippen LogP contribution in [0.2, 0.25) is 0 Å². The minimum absolute atomic E-state index is 0.481. The molecule has 0 spiro atoms. The molecule has 31 heavy (non-hydrogen) atoms. The molecule has 0 fully saturated rings. The summed E-state index contributed by atoms with van der Waals surface area (Å²) in [5.41, 5.74) is 8.05. The number of nitriles is 1. The maximum Gasteiger partial charge on any atom is 0.224 e. The van der Waals surface area contributed by atoms with Gasteiger partial charge in [0, 0.05) is 16.8 Å². The van der Waals surface area contributed by atoms with Crippen molar-refractivity contribution in [1.29, 1.82) is 5.26 Å². The largest absolute Gasteiger partial charge is 0.454 e. The first-order chi connectivity index (χ1) is 14.9. The van der Waals surface area contributed by atoms with Gasteiger partial charge in [-0.25, -0.2) is 4.57 Å². The van der Waals surface area contributed by atoms with Crippen LogP contribution in [0.25, 0.3) is 44.0 Å². The van der Waals surface area contributed by atoms with Crippen LogP contribution in [-0.2, 0) is 7.05 Å². The molecule has 5 aromatic rings. The average molecular weight is 406 g/mol. The Balaban J connectivity index is 1.95. The van der Waals surface area contributed by atoms with Crippen molar-refractivity contribution in [2.75, 3.05) is 0 Å². The molecule has 0 aliphatic heterocycles. The second-order valence-corrected chi connectivity index (χ2v) is 8.74. The van der Waals surface area contributed by atoms with E-state index in [9.17, 15) is 5.26 Å². The number of fused-ring (bicyclic) bond motifs is 4. The highest BCUT2D eigenvalue weighted by molar-refractivity contribution is 6.13. The molecule has 0 radical (unpaired) electrons. The van der Waals surface area contributed by atoms with E-state index in [0.29, 0.717) is 17.1 Å². The van der Waals surface area contributed by atoms with E-state index in [-0.39, 0.29) is 0 Å². The van der Waals surface area contributed by atoms with Gasteiger partial charge in [0.2, 0.25) is 5.69 Å². The van der Waals surface area contributed by atoms with Crippen LogP contribution >= 0.6 is 0 Å². The first-order valence-electron chi connectivity index (χ1n) is 10.7. The Bertz CT molecular complexity index is 1550. The zero-order valence-electron chi connectivity index (χ0n) is 18.6. The molecule has 0 bridgehead atoms. The number of pyridine rings is 1. The molecule has 5 rings (SSSR count). The van der Waals surface area contributed by atoms with E-state index >= 15 is 0 Å². The van der Waals surface area contributed by atoms with Crippen molar-refractivity contribution in [2.45, 2.75) is 33.6 Å². The Labute approximate surface area is 182 Å². The van der Waals surface area contributed by atoms with Crippen LogP contribution < -0.4 is 4.57 Å². The summed E-state index contributed by atoms with van der Waals surface area (Å²) in [7, 11) is 2.09. The monoisotopic (exact) mass is 405 g/mol. The molecule has 2 aromatic heterocycles. The number of hydrogen-bond donors (Lipinski definition) is 0. The molecule has 3 aromatic carbocycles. The Morgan fingerprint density at radius 1 is 0.935 bits per heavy atom. The molecule has 0 unspecified atom stereocenters. The number of rotatable bonds is 2. The van der Waals surface area contributed by atoms with E-state index in [2.05, 4.69) is 81.9 Å². The summed E-state index contributed by atoms with van der Waals surface area (Å²) < 4.78 is 8.60. The summed E-state index contributed by atoms with van der Waals surface area (Å²) in [5.74, 6) is 0.481. The van der Waals surface area contributed by atoms with Crippen LogP contribution in [0, 0.1) is 25.2 Å². The Kier molecular flexibility index (Phi) is 4.34. The van der Waals surface area contributed by atoms with Crippen molar-refractivity contribution in [3.8, 4) is 17.3 Å². The van der Waals surface area contributed by atoms with Gasteiger partial charge in [0.05, 0.1) is 16.5 Å². The van der Waals surface area contributed by atoms with Gasteiger partial charge in [0.25, 0.3) is 0 Å². The third-order valence-corrected chi connectivity index (χ3v) is 6.49. The molecule has 0 saturated heterocycles.